The summed E-state index contributed by atoms with van der Waals surface area (Å²) >= 11 is 0. The van der Waals surface area contributed by atoms with Crippen LogP contribution in [0.3, 0.4) is 0 Å². The molecule has 0 aromatic carbocycles. The second-order valence-electron chi connectivity index (χ2n) is 5.28. The maximum atomic E-state index is 2.47. The van der Waals surface area contributed by atoms with Crippen molar-refractivity contribution in [1.29, 1.82) is 0 Å². The van der Waals surface area contributed by atoms with Gasteiger partial charge in [-0.2, -0.15) is 0 Å². The molecule has 0 rings (SSSR count). The van der Waals surface area contributed by atoms with Gasteiger partial charge in [0.25, 0.3) is 0 Å². The monoisotopic (exact) mass is 199 g/mol. The first kappa shape index (κ1) is 14.0. The zero-order chi connectivity index (χ0) is 11.1. The summed E-state index contributed by atoms with van der Waals surface area (Å²) in [6, 6.07) is 0.683. The standard InChI is InChI=1S/C13H29N/c1-7-13(9-8-11(2)3)10-14(6)12(4)5/h11-13H,7-10H2,1-6H3. The van der Waals surface area contributed by atoms with Crippen LogP contribution in [0.4, 0.5) is 0 Å². The lowest BCUT2D eigenvalue weighted by molar-refractivity contribution is 0.215. The molecule has 0 radical (unpaired) electrons. The molecule has 1 atom stereocenters. The van der Waals surface area contributed by atoms with Gasteiger partial charge >= 0.3 is 0 Å². The summed E-state index contributed by atoms with van der Waals surface area (Å²) in [6.07, 6.45) is 4.10. The molecule has 0 fully saturated rings. The summed E-state index contributed by atoms with van der Waals surface area (Å²) in [5.74, 6) is 1.75. The van der Waals surface area contributed by atoms with Crippen LogP contribution in [0.2, 0.25) is 0 Å². The van der Waals surface area contributed by atoms with Crippen LogP contribution in [0.1, 0.15) is 53.9 Å². The zero-order valence-electron chi connectivity index (χ0n) is 11.0. The normalized spacial score (nSPS) is 14.4. The molecule has 86 valence electrons. The minimum Gasteiger partial charge on any atom is -0.304 e. The van der Waals surface area contributed by atoms with E-state index in [4.69, 9.17) is 0 Å². The molecule has 0 aromatic rings. The van der Waals surface area contributed by atoms with Gasteiger partial charge in [-0.05, 0) is 39.2 Å². The van der Waals surface area contributed by atoms with Crippen molar-refractivity contribution in [2.24, 2.45) is 11.8 Å². The Morgan fingerprint density at radius 1 is 1.00 bits per heavy atom. The summed E-state index contributed by atoms with van der Waals surface area (Å²) in [4.78, 5) is 2.47. The number of hydrogen-bond donors (Lipinski definition) is 0. The van der Waals surface area contributed by atoms with Gasteiger partial charge < -0.3 is 4.90 Å². The Balaban J connectivity index is 3.78. The third-order valence-corrected chi connectivity index (χ3v) is 3.16. The van der Waals surface area contributed by atoms with Crippen molar-refractivity contribution in [2.45, 2.75) is 59.9 Å². The lowest BCUT2D eigenvalue weighted by atomic mass is 9.95. The van der Waals surface area contributed by atoms with E-state index in [2.05, 4.69) is 46.6 Å². The van der Waals surface area contributed by atoms with Crippen molar-refractivity contribution in [1.82, 2.24) is 4.90 Å². The van der Waals surface area contributed by atoms with Crippen molar-refractivity contribution in [2.75, 3.05) is 13.6 Å². The molecule has 0 N–H and O–H groups in total. The molecular formula is C13H29N. The molecule has 0 bridgehead atoms. The molecule has 0 saturated heterocycles. The van der Waals surface area contributed by atoms with Gasteiger partial charge in [0, 0.05) is 12.6 Å². The van der Waals surface area contributed by atoms with Gasteiger partial charge in [0.05, 0.1) is 0 Å². The van der Waals surface area contributed by atoms with Gasteiger partial charge in [-0.3, -0.25) is 0 Å². The van der Waals surface area contributed by atoms with Crippen LogP contribution in [0, 0.1) is 11.8 Å². The quantitative estimate of drug-likeness (QED) is 0.603. The highest BCUT2D eigenvalue weighted by Crippen LogP contribution is 2.16. The summed E-state index contributed by atoms with van der Waals surface area (Å²) in [7, 11) is 2.24. The van der Waals surface area contributed by atoms with Crippen LogP contribution in [0.15, 0.2) is 0 Å². The fraction of sp³-hybridized carbons (Fsp3) is 1.00. The van der Waals surface area contributed by atoms with Crippen molar-refractivity contribution < 1.29 is 0 Å². The van der Waals surface area contributed by atoms with Gasteiger partial charge in [0.15, 0.2) is 0 Å². The number of hydrogen-bond acceptors (Lipinski definition) is 1. The SMILES string of the molecule is CCC(CCC(C)C)CN(C)C(C)C. The Hall–Kier alpha value is -0.0400. The molecular weight excluding hydrogens is 170 g/mol. The van der Waals surface area contributed by atoms with Crippen LogP contribution in [0.25, 0.3) is 0 Å². The summed E-state index contributed by atoms with van der Waals surface area (Å²) in [5, 5.41) is 0. The minimum atomic E-state index is 0.683. The van der Waals surface area contributed by atoms with Crippen molar-refractivity contribution in [3.63, 3.8) is 0 Å². The van der Waals surface area contributed by atoms with Gasteiger partial charge in [0.1, 0.15) is 0 Å². The van der Waals surface area contributed by atoms with E-state index in [1.807, 2.05) is 0 Å². The second-order valence-corrected chi connectivity index (χ2v) is 5.28. The largest absolute Gasteiger partial charge is 0.304 e. The number of nitrogens with zero attached hydrogens (tertiary/aromatic N) is 1. The van der Waals surface area contributed by atoms with E-state index in [9.17, 15) is 0 Å². The fourth-order valence-corrected chi connectivity index (χ4v) is 1.61. The maximum absolute atomic E-state index is 2.47. The molecule has 1 unspecified atom stereocenters. The molecule has 0 amide bonds. The third kappa shape index (κ3) is 6.42. The lowest BCUT2D eigenvalue weighted by Gasteiger charge is -2.26. The molecule has 0 aliphatic heterocycles. The third-order valence-electron chi connectivity index (χ3n) is 3.16. The molecule has 0 aromatic heterocycles. The highest BCUT2D eigenvalue weighted by molar-refractivity contribution is 4.65. The molecule has 0 heterocycles. The van der Waals surface area contributed by atoms with Gasteiger partial charge in [-0.1, -0.05) is 33.6 Å². The zero-order valence-corrected chi connectivity index (χ0v) is 11.0. The average molecular weight is 199 g/mol. The minimum absolute atomic E-state index is 0.683. The highest BCUT2D eigenvalue weighted by Gasteiger charge is 2.12. The van der Waals surface area contributed by atoms with E-state index in [1.165, 1.54) is 25.8 Å². The van der Waals surface area contributed by atoms with Crippen molar-refractivity contribution >= 4 is 0 Å². The Kier molecular flexibility index (Phi) is 7.26. The molecule has 0 saturated carbocycles. The fourth-order valence-electron chi connectivity index (χ4n) is 1.61. The Labute approximate surface area is 90.9 Å². The van der Waals surface area contributed by atoms with Gasteiger partial charge in [-0.15, -0.1) is 0 Å². The van der Waals surface area contributed by atoms with E-state index in [-0.39, 0.29) is 0 Å². The predicted octanol–water partition coefficient (Wildman–Crippen LogP) is 3.79. The summed E-state index contributed by atoms with van der Waals surface area (Å²) in [5.41, 5.74) is 0. The Bertz CT molecular complexity index is 129. The Morgan fingerprint density at radius 2 is 1.57 bits per heavy atom. The van der Waals surface area contributed by atoms with Gasteiger partial charge in [-0.25, -0.2) is 0 Å². The second kappa shape index (κ2) is 7.28. The average Bonchev–Trinajstić information content (AvgIpc) is 2.11. The lowest BCUT2D eigenvalue weighted by Crippen LogP contribution is -2.31. The van der Waals surface area contributed by atoms with Crippen LogP contribution >= 0.6 is 0 Å². The molecule has 0 aliphatic rings. The molecule has 1 heteroatoms. The Morgan fingerprint density at radius 3 is 1.93 bits per heavy atom. The van der Waals surface area contributed by atoms with Crippen LogP contribution < -0.4 is 0 Å². The van der Waals surface area contributed by atoms with Crippen molar-refractivity contribution in [3.8, 4) is 0 Å². The first-order chi connectivity index (χ1) is 6.47. The predicted molar refractivity (Wildman–Crippen MR) is 65.6 cm³/mol. The van der Waals surface area contributed by atoms with E-state index in [1.54, 1.807) is 0 Å². The first-order valence-corrected chi connectivity index (χ1v) is 6.17. The summed E-state index contributed by atoms with van der Waals surface area (Å²) in [6.45, 7) is 12.8. The van der Waals surface area contributed by atoms with Crippen LogP contribution in [-0.2, 0) is 0 Å². The topological polar surface area (TPSA) is 3.24 Å². The molecule has 1 nitrogen and oxygen atoms in total. The van der Waals surface area contributed by atoms with E-state index in [0.717, 1.165) is 11.8 Å². The molecule has 0 aliphatic carbocycles. The maximum Gasteiger partial charge on any atom is 0.00356 e. The molecule has 14 heavy (non-hydrogen) atoms. The van der Waals surface area contributed by atoms with E-state index in [0.29, 0.717) is 6.04 Å². The molecule has 0 spiro atoms. The van der Waals surface area contributed by atoms with Crippen LogP contribution in [0.5, 0.6) is 0 Å². The van der Waals surface area contributed by atoms with Gasteiger partial charge in [0.2, 0.25) is 0 Å². The van der Waals surface area contributed by atoms with E-state index >= 15 is 0 Å². The van der Waals surface area contributed by atoms with Crippen molar-refractivity contribution in [3.05, 3.63) is 0 Å². The summed E-state index contributed by atoms with van der Waals surface area (Å²) < 4.78 is 0. The smallest absolute Gasteiger partial charge is 0.00356 e. The van der Waals surface area contributed by atoms with Crippen LogP contribution in [-0.4, -0.2) is 24.5 Å². The highest BCUT2D eigenvalue weighted by atomic mass is 15.1. The first-order valence-electron chi connectivity index (χ1n) is 6.17. The number of rotatable bonds is 7. The van der Waals surface area contributed by atoms with E-state index < -0.39 is 0 Å².